The average molecular weight is 290 g/mol. The van der Waals surface area contributed by atoms with Crippen LogP contribution in [0.4, 0.5) is 0 Å². The lowest BCUT2D eigenvalue weighted by atomic mass is 9.67. The topological polar surface area (TPSA) is 20.2 Å². The average Bonchev–Trinajstić information content (AvgIpc) is 2.67. The minimum absolute atomic E-state index is 0.269. The van der Waals surface area contributed by atoms with Gasteiger partial charge in [0.1, 0.15) is 0 Å². The fraction of sp³-hybridized carbons (Fsp3) is 0.800. The van der Waals surface area contributed by atoms with E-state index in [-0.39, 0.29) is 5.41 Å². The van der Waals surface area contributed by atoms with E-state index in [0.29, 0.717) is 11.8 Å². The van der Waals surface area contributed by atoms with Gasteiger partial charge in [-0.2, -0.15) is 0 Å². The van der Waals surface area contributed by atoms with Gasteiger partial charge in [-0.3, -0.25) is 0 Å². The molecule has 0 aromatic rings. The molecule has 0 aromatic heterocycles. The standard InChI is InChI=1S/C20H34O/c1-15(2)20(21)14-13-19(5)12-11-17(4)8-6-7-16(3)9-10-18(19)20/h7,11,15,18,21H,6,8-10,12-14H2,1-5H3/b16-7+,17-11?/t18-,19+,20-/m1/s1. The Morgan fingerprint density at radius 2 is 1.76 bits per heavy atom. The van der Waals surface area contributed by atoms with E-state index in [1.165, 1.54) is 30.4 Å². The van der Waals surface area contributed by atoms with Gasteiger partial charge in [-0.15, -0.1) is 0 Å². The summed E-state index contributed by atoms with van der Waals surface area (Å²) in [5, 5.41) is 11.3. The first-order valence-electron chi connectivity index (χ1n) is 8.81. The van der Waals surface area contributed by atoms with Crippen molar-refractivity contribution in [3.63, 3.8) is 0 Å². The summed E-state index contributed by atoms with van der Waals surface area (Å²) in [6.07, 6.45) is 12.8. The Kier molecular flexibility index (Phi) is 5.03. The molecule has 2 rings (SSSR count). The highest BCUT2D eigenvalue weighted by molar-refractivity contribution is 5.12. The van der Waals surface area contributed by atoms with E-state index in [2.05, 4.69) is 46.8 Å². The maximum Gasteiger partial charge on any atom is 0.0704 e. The lowest BCUT2D eigenvalue weighted by Gasteiger charge is -2.41. The minimum Gasteiger partial charge on any atom is -0.389 e. The third-order valence-corrected chi connectivity index (χ3v) is 6.32. The number of aliphatic hydroxyl groups is 1. The van der Waals surface area contributed by atoms with Gasteiger partial charge >= 0.3 is 0 Å². The molecule has 3 atom stereocenters. The summed E-state index contributed by atoms with van der Waals surface area (Å²) in [6.45, 7) is 11.3. The van der Waals surface area contributed by atoms with Crippen LogP contribution in [-0.2, 0) is 0 Å². The van der Waals surface area contributed by atoms with Crippen molar-refractivity contribution in [1.82, 2.24) is 0 Å². The SMILES string of the molecule is CC1=CC[C@@]2(C)CC[C@@](O)(C(C)C)[C@@H]2CC/C(C)=C/CC1. The van der Waals surface area contributed by atoms with Gasteiger partial charge < -0.3 is 5.11 Å². The molecule has 0 bridgehead atoms. The highest BCUT2D eigenvalue weighted by Crippen LogP contribution is 2.56. The molecule has 0 saturated heterocycles. The maximum atomic E-state index is 11.3. The van der Waals surface area contributed by atoms with Crippen molar-refractivity contribution in [3.05, 3.63) is 23.3 Å². The zero-order chi connectivity index (χ0) is 15.7. The number of fused-ring (bicyclic) bond motifs is 1. The van der Waals surface area contributed by atoms with Crippen molar-refractivity contribution in [2.75, 3.05) is 0 Å². The Balaban J connectivity index is 2.32. The van der Waals surface area contributed by atoms with Crippen LogP contribution >= 0.6 is 0 Å². The van der Waals surface area contributed by atoms with Crippen LogP contribution in [0, 0.1) is 17.3 Å². The fourth-order valence-corrected chi connectivity index (χ4v) is 4.50. The number of allylic oxidation sites excluding steroid dienone is 4. The van der Waals surface area contributed by atoms with Gasteiger partial charge in [-0.05, 0) is 76.0 Å². The first-order chi connectivity index (χ1) is 9.78. The number of hydrogen-bond donors (Lipinski definition) is 1. The predicted molar refractivity (Wildman–Crippen MR) is 91.2 cm³/mol. The molecule has 1 saturated carbocycles. The van der Waals surface area contributed by atoms with E-state index in [4.69, 9.17) is 0 Å². The fourth-order valence-electron chi connectivity index (χ4n) is 4.50. The van der Waals surface area contributed by atoms with E-state index in [9.17, 15) is 5.11 Å². The summed E-state index contributed by atoms with van der Waals surface area (Å²) < 4.78 is 0. The van der Waals surface area contributed by atoms with Crippen LogP contribution in [0.15, 0.2) is 23.3 Å². The molecule has 0 radical (unpaired) electrons. The van der Waals surface area contributed by atoms with Crippen molar-refractivity contribution in [1.29, 1.82) is 0 Å². The van der Waals surface area contributed by atoms with E-state index in [0.717, 1.165) is 25.7 Å². The van der Waals surface area contributed by atoms with Crippen LogP contribution in [0.3, 0.4) is 0 Å². The van der Waals surface area contributed by atoms with Crippen LogP contribution in [0.1, 0.15) is 79.6 Å². The van der Waals surface area contributed by atoms with Crippen molar-refractivity contribution in [3.8, 4) is 0 Å². The van der Waals surface area contributed by atoms with E-state index < -0.39 is 5.60 Å². The lowest BCUT2D eigenvalue weighted by molar-refractivity contribution is -0.0641. The van der Waals surface area contributed by atoms with Gasteiger partial charge in [-0.25, -0.2) is 0 Å². The molecule has 1 N–H and O–H groups in total. The van der Waals surface area contributed by atoms with Crippen molar-refractivity contribution < 1.29 is 5.11 Å². The zero-order valence-electron chi connectivity index (χ0n) is 14.7. The molecule has 0 aromatic carbocycles. The van der Waals surface area contributed by atoms with Gasteiger partial charge in [-0.1, -0.05) is 44.1 Å². The van der Waals surface area contributed by atoms with Gasteiger partial charge in [0.05, 0.1) is 5.60 Å². The largest absolute Gasteiger partial charge is 0.389 e. The molecule has 1 heteroatoms. The predicted octanol–water partition coefficient (Wildman–Crippen LogP) is 5.65. The van der Waals surface area contributed by atoms with E-state index in [1.54, 1.807) is 0 Å². The summed E-state index contributed by atoms with van der Waals surface area (Å²) in [4.78, 5) is 0. The Bertz CT molecular complexity index is 431. The molecule has 0 amide bonds. The molecule has 2 aliphatic carbocycles. The van der Waals surface area contributed by atoms with Crippen LogP contribution in [0.5, 0.6) is 0 Å². The first kappa shape index (κ1) is 16.8. The van der Waals surface area contributed by atoms with Gasteiger partial charge in [0, 0.05) is 0 Å². The van der Waals surface area contributed by atoms with Gasteiger partial charge in [0.2, 0.25) is 0 Å². The van der Waals surface area contributed by atoms with Crippen LogP contribution in [0.2, 0.25) is 0 Å². The molecular formula is C20H34O. The zero-order valence-corrected chi connectivity index (χ0v) is 14.7. The Labute approximate surface area is 131 Å². The summed E-state index contributed by atoms with van der Waals surface area (Å²) in [6, 6.07) is 0. The molecular weight excluding hydrogens is 256 g/mol. The second-order valence-corrected chi connectivity index (χ2v) is 8.23. The number of rotatable bonds is 1. The summed E-state index contributed by atoms with van der Waals surface area (Å²) >= 11 is 0. The first-order valence-corrected chi connectivity index (χ1v) is 8.81. The third-order valence-electron chi connectivity index (χ3n) is 6.32. The molecule has 2 aliphatic rings. The summed E-state index contributed by atoms with van der Waals surface area (Å²) in [7, 11) is 0. The Morgan fingerprint density at radius 3 is 2.43 bits per heavy atom. The molecule has 1 nitrogen and oxygen atoms in total. The van der Waals surface area contributed by atoms with Gasteiger partial charge in [0.15, 0.2) is 0 Å². The van der Waals surface area contributed by atoms with Gasteiger partial charge in [0.25, 0.3) is 0 Å². The lowest BCUT2D eigenvalue weighted by Crippen LogP contribution is -2.43. The highest BCUT2D eigenvalue weighted by atomic mass is 16.3. The Morgan fingerprint density at radius 1 is 1.10 bits per heavy atom. The van der Waals surface area contributed by atoms with Crippen LogP contribution < -0.4 is 0 Å². The smallest absolute Gasteiger partial charge is 0.0704 e. The van der Waals surface area contributed by atoms with E-state index >= 15 is 0 Å². The second-order valence-electron chi connectivity index (χ2n) is 8.23. The normalized spacial score (nSPS) is 41.0. The van der Waals surface area contributed by atoms with E-state index in [1.807, 2.05) is 0 Å². The quantitative estimate of drug-likeness (QED) is 0.619. The Hall–Kier alpha value is -0.560. The molecule has 0 heterocycles. The maximum absolute atomic E-state index is 11.3. The number of hydrogen-bond acceptors (Lipinski definition) is 1. The second kappa shape index (κ2) is 6.28. The molecule has 0 spiro atoms. The third kappa shape index (κ3) is 3.44. The highest BCUT2D eigenvalue weighted by Gasteiger charge is 2.53. The van der Waals surface area contributed by atoms with Crippen molar-refractivity contribution in [2.24, 2.45) is 17.3 Å². The summed E-state index contributed by atoms with van der Waals surface area (Å²) in [5.74, 6) is 0.777. The molecule has 1 fully saturated rings. The van der Waals surface area contributed by atoms with Crippen molar-refractivity contribution >= 4 is 0 Å². The molecule has 0 aliphatic heterocycles. The van der Waals surface area contributed by atoms with Crippen LogP contribution in [0.25, 0.3) is 0 Å². The van der Waals surface area contributed by atoms with Crippen molar-refractivity contribution in [2.45, 2.75) is 85.2 Å². The molecule has 0 unspecified atom stereocenters. The monoisotopic (exact) mass is 290 g/mol. The molecule has 120 valence electrons. The van der Waals surface area contributed by atoms with Crippen LogP contribution in [-0.4, -0.2) is 10.7 Å². The molecule has 21 heavy (non-hydrogen) atoms. The summed E-state index contributed by atoms with van der Waals surface area (Å²) in [5.41, 5.74) is 2.82. The minimum atomic E-state index is -0.467.